The minimum Gasteiger partial charge on any atom is -0.409 e. The number of rotatable bonds is 4. The lowest BCUT2D eigenvalue weighted by Crippen LogP contribution is -2.43. The van der Waals surface area contributed by atoms with E-state index >= 15 is 0 Å². The number of amides is 1. The Hall–Kier alpha value is -2.25. The molecule has 0 aromatic heterocycles. The number of alkyl halides is 3. The largest absolute Gasteiger partial charge is 0.409 e. The van der Waals surface area contributed by atoms with Crippen LogP contribution in [-0.2, 0) is 0 Å². The molecule has 21 heavy (non-hydrogen) atoms. The van der Waals surface area contributed by atoms with E-state index in [0.29, 0.717) is 5.56 Å². The average molecular weight is 303 g/mol. The summed E-state index contributed by atoms with van der Waals surface area (Å²) in [5.74, 6) is -0.876. The normalized spacial score (nSPS) is 12.6. The van der Waals surface area contributed by atoms with E-state index in [1.165, 1.54) is 38.1 Å². The van der Waals surface area contributed by atoms with Crippen molar-refractivity contribution in [2.75, 3.05) is 6.54 Å². The molecule has 5 nitrogen and oxygen atoms in total. The summed E-state index contributed by atoms with van der Waals surface area (Å²) in [6, 6.07) is 4.87. The number of oxime groups is 1. The maximum atomic E-state index is 12.5. The molecule has 0 aliphatic heterocycles. The fourth-order valence-corrected chi connectivity index (χ4v) is 1.69. The van der Waals surface area contributed by atoms with Crippen LogP contribution < -0.4 is 5.73 Å². The first-order valence-corrected chi connectivity index (χ1v) is 6.11. The molecule has 1 aromatic carbocycles. The van der Waals surface area contributed by atoms with Crippen molar-refractivity contribution in [3.05, 3.63) is 35.4 Å². The van der Waals surface area contributed by atoms with Gasteiger partial charge in [-0.05, 0) is 26.0 Å². The monoisotopic (exact) mass is 303 g/mol. The van der Waals surface area contributed by atoms with E-state index in [1.54, 1.807) is 0 Å². The Balaban J connectivity index is 2.99. The third kappa shape index (κ3) is 4.66. The predicted octanol–water partition coefficient (Wildman–Crippen LogP) is 2.19. The molecule has 0 aliphatic rings. The van der Waals surface area contributed by atoms with Gasteiger partial charge < -0.3 is 15.8 Å². The van der Waals surface area contributed by atoms with Gasteiger partial charge in [0.05, 0.1) is 0 Å². The smallest absolute Gasteiger partial charge is 0.406 e. The van der Waals surface area contributed by atoms with Crippen LogP contribution in [0.15, 0.2) is 29.4 Å². The number of amidine groups is 1. The molecule has 1 aromatic rings. The molecule has 0 saturated heterocycles. The van der Waals surface area contributed by atoms with Crippen LogP contribution in [-0.4, -0.2) is 40.6 Å². The molecule has 0 aliphatic carbocycles. The highest BCUT2D eigenvalue weighted by Gasteiger charge is 2.34. The Morgan fingerprint density at radius 3 is 2.14 bits per heavy atom. The van der Waals surface area contributed by atoms with Crippen LogP contribution in [0.4, 0.5) is 13.2 Å². The van der Waals surface area contributed by atoms with Crippen molar-refractivity contribution in [2.24, 2.45) is 10.9 Å². The van der Waals surface area contributed by atoms with Crippen molar-refractivity contribution in [3.63, 3.8) is 0 Å². The maximum absolute atomic E-state index is 12.5. The fraction of sp³-hybridized carbons (Fsp3) is 0.385. The van der Waals surface area contributed by atoms with E-state index < -0.39 is 24.7 Å². The number of halogens is 3. The SMILES string of the molecule is CC(C)N(CC(F)(F)F)C(=O)c1ccc(C(N)=NO)cc1. The Morgan fingerprint density at radius 2 is 1.76 bits per heavy atom. The Labute approximate surface area is 119 Å². The number of benzene rings is 1. The van der Waals surface area contributed by atoms with Crippen molar-refractivity contribution in [2.45, 2.75) is 26.1 Å². The molecule has 0 radical (unpaired) electrons. The van der Waals surface area contributed by atoms with E-state index in [-0.39, 0.29) is 11.4 Å². The quantitative estimate of drug-likeness (QED) is 0.387. The number of nitrogens with two attached hydrogens (primary N) is 1. The van der Waals surface area contributed by atoms with E-state index in [2.05, 4.69) is 5.16 Å². The number of nitrogens with zero attached hydrogens (tertiary/aromatic N) is 2. The summed E-state index contributed by atoms with van der Waals surface area (Å²) >= 11 is 0. The summed E-state index contributed by atoms with van der Waals surface area (Å²) < 4.78 is 37.5. The lowest BCUT2D eigenvalue weighted by atomic mass is 10.1. The molecule has 0 bridgehead atoms. The van der Waals surface area contributed by atoms with Gasteiger partial charge in [-0.3, -0.25) is 4.79 Å². The fourth-order valence-electron chi connectivity index (χ4n) is 1.69. The highest BCUT2D eigenvalue weighted by Crippen LogP contribution is 2.20. The molecule has 1 amide bonds. The second-order valence-corrected chi connectivity index (χ2v) is 4.70. The summed E-state index contributed by atoms with van der Waals surface area (Å²) in [6.45, 7) is 1.70. The summed E-state index contributed by atoms with van der Waals surface area (Å²) in [5.41, 5.74) is 5.83. The van der Waals surface area contributed by atoms with Crippen molar-refractivity contribution in [1.82, 2.24) is 4.90 Å². The van der Waals surface area contributed by atoms with Crippen LogP contribution >= 0.6 is 0 Å². The second kappa shape index (κ2) is 6.47. The number of carbonyl (C=O) groups excluding carboxylic acids is 1. The lowest BCUT2D eigenvalue weighted by Gasteiger charge is -2.27. The molecule has 1 rings (SSSR count). The van der Waals surface area contributed by atoms with Gasteiger partial charge >= 0.3 is 6.18 Å². The zero-order chi connectivity index (χ0) is 16.2. The van der Waals surface area contributed by atoms with Crippen molar-refractivity contribution in [1.29, 1.82) is 0 Å². The summed E-state index contributed by atoms with van der Waals surface area (Å²) in [6.07, 6.45) is -4.46. The average Bonchev–Trinajstić information content (AvgIpc) is 2.42. The second-order valence-electron chi connectivity index (χ2n) is 4.70. The molecule has 0 fully saturated rings. The molecule has 0 unspecified atom stereocenters. The van der Waals surface area contributed by atoms with E-state index in [4.69, 9.17) is 10.9 Å². The third-order valence-corrected chi connectivity index (χ3v) is 2.77. The van der Waals surface area contributed by atoms with Crippen LogP contribution in [0.25, 0.3) is 0 Å². The third-order valence-electron chi connectivity index (χ3n) is 2.77. The zero-order valence-electron chi connectivity index (χ0n) is 11.6. The van der Waals surface area contributed by atoms with E-state index in [9.17, 15) is 18.0 Å². The van der Waals surface area contributed by atoms with Gasteiger partial charge in [-0.25, -0.2) is 0 Å². The van der Waals surface area contributed by atoms with Gasteiger partial charge in [-0.2, -0.15) is 13.2 Å². The van der Waals surface area contributed by atoms with Gasteiger partial charge in [0.1, 0.15) is 6.54 Å². The van der Waals surface area contributed by atoms with Gasteiger partial charge in [0.2, 0.25) is 0 Å². The molecule has 0 heterocycles. The zero-order valence-corrected chi connectivity index (χ0v) is 11.6. The first kappa shape index (κ1) is 16.8. The van der Waals surface area contributed by atoms with Gasteiger partial charge in [-0.1, -0.05) is 17.3 Å². The van der Waals surface area contributed by atoms with Gasteiger partial charge in [0, 0.05) is 17.2 Å². The van der Waals surface area contributed by atoms with Crippen molar-refractivity contribution in [3.8, 4) is 0 Å². The Bertz CT molecular complexity index is 524. The molecule has 0 spiro atoms. The minimum atomic E-state index is -4.46. The molecular formula is C13H16F3N3O2. The molecule has 3 N–H and O–H groups in total. The number of hydrogen-bond donors (Lipinski definition) is 2. The first-order chi connectivity index (χ1) is 9.65. The van der Waals surface area contributed by atoms with Crippen LogP contribution in [0, 0.1) is 0 Å². The summed E-state index contributed by atoms with van der Waals surface area (Å²) in [4.78, 5) is 12.9. The Kier molecular flexibility index (Phi) is 5.17. The molecule has 8 heteroatoms. The number of hydrogen-bond acceptors (Lipinski definition) is 3. The standard InChI is InChI=1S/C13H16F3N3O2/c1-8(2)19(7-13(14,15)16)12(20)10-5-3-9(4-6-10)11(17)18-21/h3-6,8,21H,7H2,1-2H3,(H2,17,18). The molecular weight excluding hydrogens is 287 g/mol. The minimum absolute atomic E-state index is 0.0995. The number of carbonyl (C=O) groups is 1. The van der Waals surface area contributed by atoms with Gasteiger partial charge in [0.15, 0.2) is 5.84 Å². The molecule has 0 atom stereocenters. The first-order valence-electron chi connectivity index (χ1n) is 6.11. The van der Waals surface area contributed by atoms with E-state index in [1.807, 2.05) is 0 Å². The Morgan fingerprint density at radius 1 is 1.29 bits per heavy atom. The van der Waals surface area contributed by atoms with E-state index in [0.717, 1.165) is 4.90 Å². The molecule has 0 saturated carbocycles. The summed E-state index contributed by atoms with van der Waals surface area (Å²) in [5, 5.41) is 11.3. The van der Waals surface area contributed by atoms with Gasteiger partial charge in [0.25, 0.3) is 5.91 Å². The highest BCUT2D eigenvalue weighted by atomic mass is 19.4. The van der Waals surface area contributed by atoms with Crippen LogP contribution in [0.3, 0.4) is 0 Å². The predicted molar refractivity (Wildman–Crippen MR) is 71.2 cm³/mol. The highest BCUT2D eigenvalue weighted by molar-refractivity contribution is 5.99. The van der Waals surface area contributed by atoms with Crippen LogP contribution in [0.5, 0.6) is 0 Å². The van der Waals surface area contributed by atoms with Crippen LogP contribution in [0.2, 0.25) is 0 Å². The van der Waals surface area contributed by atoms with Crippen molar-refractivity contribution < 1.29 is 23.2 Å². The lowest BCUT2D eigenvalue weighted by molar-refractivity contribution is -0.143. The van der Waals surface area contributed by atoms with Gasteiger partial charge in [-0.15, -0.1) is 0 Å². The topological polar surface area (TPSA) is 78.9 Å². The van der Waals surface area contributed by atoms with Crippen LogP contribution in [0.1, 0.15) is 29.8 Å². The summed E-state index contributed by atoms with van der Waals surface area (Å²) in [7, 11) is 0. The maximum Gasteiger partial charge on any atom is 0.406 e. The molecule has 116 valence electrons. The van der Waals surface area contributed by atoms with Crippen molar-refractivity contribution >= 4 is 11.7 Å².